The summed E-state index contributed by atoms with van der Waals surface area (Å²) in [5, 5.41) is 0. The molecule has 1 aromatic rings. The van der Waals surface area contributed by atoms with Gasteiger partial charge in [0.05, 0.1) is 13.2 Å². The summed E-state index contributed by atoms with van der Waals surface area (Å²) in [6.45, 7) is 8.92. The van der Waals surface area contributed by atoms with E-state index in [1.807, 2.05) is 32.9 Å². The lowest BCUT2D eigenvalue weighted by atomic mass is 10.2. The van der Waals surface area contributed by atoms with Crippen molar-refractivity contribution in [1.82, 2.24) is 0 Å². The SMILES string of the molecule is CC.CCOC(=O)CCCOc1ccc(CC)cc1. The molecule has 0 aliphatic heterocycles. The Morgan fingerprint density at radius 1 is 1.11 bits per heavy atom. The summed E-state index contributed by atoms with van der Waals surface area (Å²) in [6.07, 6.45) is 2.14. The third kappa shape index (κ3) is 8.25. The van der Waals surface area contributed by atoms with Crippen molar-refractivity contribution >= 4 is 5.97 Å². The van der Waals surface area contributed by atoms with E-state index in [-0.39, 0.29) is 5.97 Å². The highest BCUT2D eigenvalue weighted by Gasteiger charge is 2.01. The van der Waals surface area contributed by atoms with Gasteiger partial charge in [0, 0.05) is 6.42 Å². The Morgan fingerprint density at radius 3 is 2.26 bits per heavy atom. The van der Waals surface area contributed by atoms with Crippen LogP contribution in [0.5, 0.6) is 5.75 Å². The van der Waals surface area contributed by atoms with Gasteiger partial charge in [-0.1, -0.05) is 32.9 Å². The monoisotopic (exact) mass is 266 g/mol. The summed E-state index contributed by atoms with van der Waals surface area (Å²) in [6, 6.07) is 8.04. The van der Waals surface area contributed by atoms with Gasteiger partial charge in [-0.15, -0.1) is 0 Å². The zero-order valence-corrected chi connectivity index (χ0v) is 12.6. The maximum Gasteiger partial charge on any atom is 0.305 e. The van der Waals surface area contributed by atoms with Crippen molar-refractivity contribution in [2.24, 2.45) is 0 Å². The molecule has 0 unspecified atom stereocenters. The van der Waals surface area contributed by atoms with E-state index < -0.39 is 0 Å². The van der Waals surface area contributed by atoms with Crippen LogP contribution in [0.2, 0.25) is 0 Å². The number of benzene rings is 1. The van der Waals surface area contributed by atoms with Crippen molar-refractivity contribution in [3.63, 3.8) is 0 Å². The van der Waals surface area contributed by atoms with Crippen molar-refractivity contribution in [3.05, 3.63) is 29.8 Å². The van der Waals surface area contributed by atoms with Crippen molar-refractivity contribution in [3.8, 4) is 5.75 Å². The highest BCUT2D eigenvalue weighted by molar-refractivity contribution is 5.69. The summed E-state index contributed by atoms with van der Waals surface area (Å²) in [7, 11) is 0. The standard InChI is InChI=1S/C14H20O3.C2H6/c1-3-12-7-9-13(10-8-12)17-11-5-6-14(15)16-4-2;1-2/h7-10H,3-6,11H2,1-2H3;1-2H3. The molecule has 0 heterocycles. The normalized spacial score (nSPS) is 9.26. The fourth-order valence-corrected chi connectivity index (χ4v) is 1.46. The van der Waals surface area contributed by atoms with Crippen LogP contribution in [0.1, 0.15) is 46.1 Å². The van der Waals surface area contributed by atoms with E-state index in [0.717, 1.165) is 12.2 Å². The molecule has 0 spiro atoms. The highest BCUT2D eigenvalue weighted by Crippen LogP contribution is 2.12. The number of hydrogen-bond acceptors (Lipinski definition) is 3. The number of esters is 1. The Morgan fingerprint density at radius 2 is 1.74 bits per heavy atom. The summed E-state index contributed by atoms with van der Waals surface area (Å²) in [5.74, 6) is 0.698. The second-order valence-electron chi connectivity index (χ2n) is 3.75. The van der Waals surface area contributed by atoms with E-state index in [9.17, 15) is 4.79 Å². The second-order valence-corrected chi connectivity index (χ2v) is 3.75. The maximum atomic E-state index is 11.1. The van der Waals surface area contributed by atoms with Gasteiger partial charge < -0.3 is 9.47 Å². The van der Waals surface area contributed by atoms with Crippen molar-refractivity contribution in [2.75, 3.05) is 13.2 Å². The Balaban J connectivity index is 0.00000154. The first-order chi connectivity index (χ1) is 9.26. The molecule has 0 fully saturated rings. The predicted octanol–water partition coefficient (Wildman–Crippen LogP) is 4.00. The van der Waals surface area contributed by atoms with Crippen molar-refractivity contribution < 1.29 is 14.3 Å². The molecular weight excluding hydrogens is 240 g/mol. The van der Waals surface area contributed by atoms with E-state index in [2.05, 4.69) is 19.1 Å². The highest BCUT2D eigenvalue weighted by atomic mass is 16.5. The van der Waals surface area contributed by atoms with Gasteiger partial charge in [-0.2, -0.15) is 0 Å². The molecule has 0 amide bonds. The number of carbonyl (C=O) groups is 1. The molecule has 3 nitrogen and oxygen atoms in total. The van der Waals surface area contributed by atoms with Crippen LogP contribution < -0.4 is 4.74 Å². The van der Waals surface area contributed by atoms with Gasteiger partial charge in [0.25, 0.3) is 0 Å². The molecule has 0 saturated carbocycles. The number of rotatable bonds is 7. The molecule has 0 aliphatic carbocycles. The van der Waals surface area contributed by atoms with Gasteiger partial charge in [0.15, 0.2) is 0 Å². The first-order valence-electron chi connectivity index (χ1n) is 7.13. The number of carbonyl (C=O) groups excluding carboxylic acids is 1. The summed E-state index contributed by atoms with van der Waals surface area (Å²) in [5.41, 5.74) is 1.30. The van der Waals surface area contributed by atoms with E-state index in [4.69, 9.17) is 9.47 Å². The molecule has 0 saturated heterocycles. The lowest BCUT2D eigenvalue weighted by Crippen LogP contribution is -2.06. The minimum absolute atomic E-state index is 0.155. The zero-order chi connectivity index (χ0) is 14.5. The molecule has 0 N–H and O–H groups in total. The van der Waals surface area contributed by atoms with Crippen LogP contribution >= 0.6 is 0 Å². The number of aryl methyl sites for hydroxylation is 1. The molecule has 0 bridgehead atoms. The zero-order valence-electron chi connectivity index (χ0n) is 12.6. The maximum absolute atomic E-state index is 11.1. The molecule has 0 aliphatic rings. The molecule has 1 aromatic carbocycles. The topological polar surface area (TPSA) is 35.5 Å². The molecule has 19 heavy (non-hydrogen) atoms. The van der Waals surface area contributed by atoms with Gasteiger partial charge >= 0.3 is 5.97 Å². The summed E-state index contributed by atoms with van der Waals surface area (Å²) < 4.78 is 10.4. The lowest BCUT2D eigenvalue weighted by molar-refractivity contribution is -0.143. The van der Waals surface area contributed by atoms with E-state index in [1.165, 1.54) is 5.56 Å². The fourth-order valence-electron chi connectivity index (χ4n) is 1.46. The number of ether oxygens (including phenoxy) is 2. The Kier molecular flexibility index (Phi) is 10.7. The van der Waals surface area contributed by atoms with Gasteiger partial charge in [-0.3, -0.25) is 4.79 Å². The molecule has 0 aromatic heterocycles. The van der Waals surface area contributed by atoms with Crippen LogP contribution in [0.25, 0.3) is 0 Å². The quantitative estimate of drug-likeness (QED) is 0.553. The Bertz CT molecular complexity index is 330. The van der Waals surface area contributed by atoms with Crippen LogP contribution in [0, 0.1) is 0 Å². The first kappa shape index (κ1) is 17.5. The smallest absolute Gasteiger partial charge is 0.305 e. The molecule has 108 valence electrons. The van der Waals surface area contributed by atoms with Crippen LogP contribution in [-0.4, -0.2) is 19.2 Å². The fraction of sp³-hybridized carbons (Fsp3) is 0.562. The summed E-state index contributed by atoms with van der Waals surface area (Å²) >= 11 is 0. The largest absolute Gasteiger partial charge is 0.494 e. The van der Waals surface area contributed by atoms with Gasteiger partial charge in [0.2, 0.25) is 0 Å². The third-order valence-electron chi connectivity index (χ3n) is 2.43. The first-order valence-corrected chi connectivity index (χ1v) is 7.13. The average molecular weight is 266 g/mol. The van der Waals surface area contributed by atoms with Crippen LogP contribution in [0.15, 0.2) is 24.3 Å². The van der Waals surface area contributed by atoms with E-state index >= 15 is 0 Å². The average Bonchev–Trinajstić information content (AvgIpc) is 2.47. The Hall–Kier alpha value is -1.51. The number of hydrogen-bond donors (Lipinski definition) is 0. The van der Waals surface area contributed by atoms with E-state index in [0.29, 0.717) is 26.1 Å². The Labute approximate surface area is 116 Å². The molecule has 0 atom stereocenters. The third-order valence-corrected chi connectivity index (χ3v) is 2.43. The van der Waals surface area contributed by atoms with Crippen LogP contribution in [-0.2, 0) is 16.0 Å². The van der Waals surface area contributed by atoms with Crippen molar-refractivity contribution in [1.29, 1.82) is 0 Å². The van der Waals surface area contributed by atoms with Gasteiger partial charge in [-0.25, -0.2) is 0 Å². The van der Waals surface area contributed by atoms with Crippen molar-refractivity contribution in [2.45, 2.75) is 47.0 Å². The second kappa shape index (κ2) is 11.6. The molecular formula is C16H26O3. The predicted molar refractivity (Wildman–Crippen MR) is 78.5 cm³/mol. The lowest BCUT2D eigenvalue weighted by Gasteiger charge is -2.06. The molecule has 1 rings (SSSR count). The van der Waals surface area contributed by atoms with E-state index in [1.54, 1.807) is 0 Å². The summed E-state index contributed by atoms with van der Waals surface area (Å²) in [4.78, 5) is 11.1. The van der Waals surface area contributed by atoms with Crippen LogP contribution in [0.4, 0.5) is 0 Å². The minimum Gasteiger partial charge on any atom is -0.494 e. The molecule has 0 radical (unpaired) electrons. The van der Waals surface area contributed by atoms with Gasteiger partial charge in [0.1, 0.15) is 5.75 Å². The van der Waals surface area contributed by atoms with Crippen LogP contribution in [0.3, 0.4) is 0 Å². The minimum atomic E-state index is -0.155. The van der Waals surface area contributed by atoms with Gasteiger partial charge in [-0.05, 0) is 37.5 Å². The molecule has 3 heteroatoms.